The summed E-state index contributed by atoms with van der Waals surface area (Å²) < 4.78 is 0.600. The number of phenols is 1. The number of fused-ring (bicyclic) bond motifs is 1. The zero-order valence-electron chi connectivity index (χ0n) is 19.3. The van der Waals surface area contributed by atoms with Gasteiger partial charge in [-0.1, -0.05) is 66.8 Å². The van der Waals surface area contributed by atoms with Crippen LogP contribution in [0.1, 0.15) is 36.1 Å². The third-order valence-corrected chi connectivity index (χ3v) is 6.82. The van der Waals surface area contributed by atoms with Gasteiger partial charge in [0.25, 0.3) is 0 Å². The van der Waals surface area contributed by atoms with Crippen LogP contribution in [0.2, 0.25) is 0 Å². The van der Waals surface area contributed by atoms with Crippen LogP contribution >= 0.6 is 11.3 Å². The number of hydrogen-bond donors (Lipinski definition) is 4. The number of nitrogens with zero attached hydrogens (tertiary/aromatic N) is 1. The van der Waals surface area contributed by atoms with E-state index >= 15 is 0 Å². The normalized spacial score (nSPS) is 12.2. The number of H-pyrrole nitrogens is 1. The van der Waals surface area contributed by atoms with Gasteiger partial charge in [-0.3, -0.25) is 4.79 Å². The highest BCUT2D eigenvalue weighted by atomic mass is 32.1. The van der Waals surface area contributed by atoms with Crippen LogP contribution in [0.15, 0.2) is 71.5 Å². The number of anilines is 1. The molecule has 4 N–H and O–H groups in total. The molecule has 0 saturated carbocycles. The van der Waals surface area contributed by atoms with Gasteiger partial charge in [0, 0.05) is 30.9 Å². The second-order valence-electron chi connectivity index (χ2n) is 8.44. The van der Waals surface area contributed by atoms with E-state index in [2.05, 4.69) is 70.7 Å². The first-order chi connectivity index (χ1) is 16.5. The number of para-hydroxylation sites is 1. The van der Waals surface area contributed by atoms with Crippen LogP contribution in [0.5, 0.6) is 5.75 Å². The lowest BCUT2D eigenvalue weighted by molar-refractivity contribution is 0.176. The van der Waals surface area contributed by atoms with E-state index < -0.39 is 6.10 Å². The molecule has 178 valence electrons. The quantitative estimate of drug-likeness (QED) is 0.238. The van der Waals surface area contributed by atoms with Crippen molar-refractivity contribution in [2.24, 2.45) is 0 Å². The number of aliphatic hydroxyl groups excluding tert-OH is 1. The molecule has 4 rings (SSSR count). The Morgan fingerprint density at radius 2 is 1.76 bits per heavy atom. The smallest absolute Gasteiger partial charge is 0.305 e. The van der Waals surface area contributed by atoms with E-state index in [9.17, 15) is 15.0 Å². The Morgan fingerprint density at radius 3 is 2.50 bits per heavy atom. The molecule has 0 amide bonds. The van der Waals surface area contributed by atoms with Gasteiger partial charge in [-0.15, -0.1) is 0 Å². The summed E-state index contributed by atoms with van der Waals surface area (Å²) >= 11 is 1.00. The zero-order valence-corrected chi connectivity index (χ0v) is 20.1. The molecule has 0 spiro atoms. The minimum atomic E-state index is -0.764. The summed E-state index contributed by atoms with van der Waals surface area (Å²) in [7, 11) is 0. The molecule has 1 aromatic heterocycles. The summed E-state index contributed by atoms with van der Waals surface area (Å²) in [5.74, 6) is 0.0160. The molecule has 0 fully saturated rings. The van der Waals surface area contributed by atoms with Gasteiger partial charge in [-0.25, -0.2) is 0 Å². The molecular weight excluding hydrogens is 446 g/mol. The van der Waals surface area contributed by atoms with Crippen molar-refractivity contribution in [1.29, 1.82) is 0 Å². The van der Waals surface area contributed by atoms with Crippen molar-refractivity contribution in [3.63, 3.8) is 0 Å². The second-order valence-corrected chi connectivity index (χ2v) is 9.42. The number of nitrogens with one attached hydrogen (secondary N) is 2. The highest BCUT2D eigenvalue weighted by molar-refractivity contribution is 7.16. The van der Waals surface area contributed by atoms with Gasteiger partial charge in [0.15, 0.2) is 0 Å². The predicted octanol–water partition coefficient (Wildman–Crippen LogP) is 4.58. The van der Waals surface area contributed by atoms with Crippen molar-refractivity contribution in [2.45, 2.75) is 32.4 Å². The summed E-state index contributed by atoms with van der Waals surface area (Å²) in [6.07, 6.45) is 1.19. The van der Waals surface area contributed by atoms with Crippen LogP contribution in [0, 0.1) is 0 Å². The molecule has 0 aliphatic rings. The highest BCUT2D eigenvalue weighted by Gasteiger charge is 2.16. The molecule has 7 heteroatoms. The summed E-state index contributed by atoms with van der Waals surface area (Å²) in [5, 5.41) is 23.8. The summed E-state index contributed by atoms with van der Waals surface area (Å²) in [4.78, 5) is 16.4. The first kappa shape index (κ1) is 24.0. The molecule has 1 unspecified atom stereocenters. The van der Waals surface area contributed by atoms with Gasteiger partial charge in [0.1, 0.15) is 11.3 Å². The van der Waals surface area contributed by atoms with E-state index in [0.29, 0.717) is 22.3 Å². The van der Waals surface area contributed by atoms with Gasteiger partial charge in [-0.2, -0.15) is 0 Å². The van der Waals surface area contributed by atoms with Gasteiger partial charge in [0.2, 0.25) is 0 Å². The number of aromatic amines is 1. The average molecular weight is 478 g/mol. The van der Waals surface area contributed by atoms with Gasteiger partial charge >= 0.3 is 4.87 Å². The number of aliphatic hydroxyl groups is 1. The van der Waals surface area contributed by atoms with E-state index in [1.807, 2.05) is 6.07 Å². The summed E-state index contributed by atoms with van der Waals surface area (Å²) in [5.41, 5.74) is 4.79. The van der Waals surface area contributed by atoms with Crippen molar-refractivity contribution in [1.82, 2.24) is 10.3 Å². The van der Waals surface area contributed by atoms with Crippen LogP contribution in [0.4, 0.5) is 5.69 Å². The van der Waals surface area contributed by atoms with Crippen LogP contribution in [-0.4, -0.2) is 34.8 Å². The Bertz CT molecular complexity index is 1250. The highest BCUT2D eigenvalue weighted by Crippen LogP contribution is 2.31. The minimum absolute atomic E-state index is 0.0160. The molecule has 3 aromatic carbocycles. The van der Waals surface area contributed by atoms with Crippen molar-refractivity contribution < 1.29 is 10.2 Å². The van der Waals surface area contributed by atoms with E-state index in [4.69, 9.17) is 0 Å². The van der Waals surface area contributed by atoms with Crippen molar-refractivity contribution in [3.8, 4) is 5.75 Å². The molecule has 1 atom stereocenters. The zero-order chi connectivity index (χ0) is 23.9. The third kappa shape index (κ3) is 5.86. The molecular formula is C27H31N3O3S. The van der Waals surface area contributed by atoms with Crippen LogP contribution < -0.4 is 15.1 Å². The SMILES string of the molecule is CCCN(Cc1ccc(CCNCC(O)c2ccc(O)c3[nH]c(=O)sc23)cc1)c1ccccc1. The van der Waals surface area contributed by atoms with Gasteiger partial charge in [0.05, 0.1) is 10.8 Å². The largest absolute Gasteiger partial charge is 0.506 e. The van der Waals surface area contributed by atoms with E-state index in [0.717, 1.165) is 43.8 Å². The topological polar surface area (TPSA) is 88.6 Å². The van der Waals surface area contributed by atoms with Gasteiger partial charge < -0.3 is 25.4 Å². The molecule has 0 bridgehead atoms. The maximum absolute atomic E-state index is 11.7. The minimum Gasteiger partial charge on any atom is -0.506 e. The Hall–Kier alpha value is -3.13. The number of benzene rings is 3. The second kappa shape index (κ2) is 11.3. The first-order valence-electron chi connectivity index (χ1n) is 11.7. The lowest BCUT2D eigenvalue weighted by Crippen LogP contribution is -2.24. The van der Waals surface area contributed by atoms with E-state index in [1.54, 1.807) is 6.07 Å². The first-order valence-corrected chi connectivity index (χ1v) is 12.5. The number of rotatable bonds is 11. The predicted molar refractivity (Wildman–Crippen MR) is 140 cm³/mol. The fourth-order valence-electron chi connectivity index (χ4n) is 4.12. The Kier molecular flexibility index (Phi) is 8.00. The van der Waals surface area contributed by atoms with Crippen molar-refractivity contribution in [3.05, 3.63) is 93.1 Å². The summed E-state index contributed by atoms with van der Waals surface area (Å²) in [6.45, 7) is 5.20. The maximum atomic E-state index is 11.7. The number of thiazole rings is 1. The average Bonchev–Trinajstić information content (AvgIpc) is 3.25. The molecule has 6 nitrogen and oxygen atoms in total. The fourth-order valence-corrected chi connectivity index (χ4v) is 5.04. The van der Waals surface area contributed by atoms with Crippen molar-refractivity contribution >= 4 is 27.2 Å². The number of aromatic hydroxyl groups is 1. The molecule has 0 radical (unpaired) electrons. The van der Waals surface area contributed by atoms with Crippen LogP contribution in [0.3, 0.4) is 0 Å². The molecule has 4 aromatic rings. The van der Waals surface area contributed by atoms with Crippen LogP contribution in [-0.2, 0) is 13.0 Å². The Balaban J connectivity index is 1.28. The fraction of sp³-hybridized carbons (Fsp3) is 0.296. The van der Waals surface area contributed by atoms with Crippen LogP contribution in [0.25, 0.3) is 10.2 Å². The standard InChI is InChI=1S/C27H31N3O3S/c1-2-16-30(21-6-4-3-5-7-21)18-20-10-8-19(9-11-20)14-15-28-17-24(32)22-12-13-23(31)25-26(22)34-27(33)29-25/h3-13,24,28,31-32H,2,14-18H2,1H3,(H,29,33). The number of hydrogen-bond acceptors (Lipinski definition) is 6. The maximum Gasteiger partial charge on any atom is 0.305 e. The number of aromatic nitrogens is 1. The Labute approximate surface area is 203 Å². The lowest BCUT2D eigenvalue weighted by atomic mass is 10.1. The molecule has 0 aliphatic carbocycles. The van der Waals surface area contributed by atoms with E-state index in [-0.39, 0.29) is 10.6 Å². The monoisotopic (exact) mass is 477 g/mol. The number of phenolic OH excluding ortho intramolecular Hbond substituents is 1. The van der Waals surface area contributed by atoms with E-state index in [1.165, 1.54) is 22.9 Å². The summed E-state index contributed by atoms with van der Waals surface area (Å²) in [6, 6.07) is 22.4. The van der Waals surface area contributed by atoms with Crippen molar-refractivity contribution in [2.75, 3.05) is 24.5 Å². The van der Waals surface area contributed by atoms with Gasteiger partial charge in [-0.05, 0) is 48.7 Å². The molecule has 34 heavy (non-hydrogen) atoms. The molecule has 1 heterocycles. The Morgan fingerprint density at radius 1 is 1.03 bits per heavy atom. The molecule has 0 aliphatic heterocycles. The lowest BCUT2D eigenvalue weighted by Gasteiger charge is -2.24. The third-order valence-electron chi connectivity index (χ3n) is 5.89. The molecule has 0 saturated heterocycles.